The van der Waals surface area contributed by atoms with Gasteiger partial charge >= 0.3 is 0 Å². The van der Waals surface area contributed by atoms with Gasteiger partial charge in [-0.1, -0.05) is 23.7 Å². The van der Waals surface area contributed by atoms with Crippen LogP contribution in [0.2, 0.25) is 5.02 Å². The quantitative estimate of drug-likeness (QED) is 0.717. The first kappa shape index (κ1) is 17.8. The highest BCUT2D eigenvalue weighted by molar-refractivity contribution is 7.92. The maximum Gasteiger partial charge on any atom is 0.263 e. The zero-order valence-corrected chi connectivity index (χ0v) is 16.1. The van der Waals surface area contributed by atoms with Gasteiger partial charge in [0, 0.05) is 6.04 Å². The highest BCUT2D eigenvalue weighted by atomic mass is 35.5. The molecule has 3 rings (SSSR count). The number of rotatable bonds is 4. The summed E-state index contributed by atoms with van der Waals surface area (Å²) in [7, 11) is -3.82. The van der Waals surface area contributed by atoms with Crippen molar-refractivity contribution in [1.82, 2.24) is 9.55 Å². The van der Waals surface area contributed by atoms with Gasteiger partial charge in [0.25, 0.3) is 10.0 Å². The highest BCUT2D eigenvalue weighted by Gasteiger charge is 2.22. The fourth-order valence-corrected chi connectivity index (χ4v) is 4.43. The summed E-state index contributed by atoms with van der Waals surface area (Å²) in [5, 5.41) is 0.184. The van der Waals surface area contributed by atoms with Crippen molar-refractivity contribution in [2.24, 2.45) is 0 Å². The number of hydrogen-bond donors (Lipinski definition) is 1. The van der Waals surface area contributed by atoms with Gasteiger partial charge in [-0.05, 0) is 57.0 Å². The summed E-state index contributed by atoms with van der Waals surface area (Å²) in [6.07, 6.45) is 1.74. The predicted molar refractivity (Wildman–Crippen MR) is 102 cm³/mol. The molecule has 5 nitrogen and oxygen atoms in total. The Morgan fingerprint density at radius 3 is 2.52 bits per heavy atom. The van der Waals surface area contributed by atoms with Crippen molar-refractivity contribution >= 4 is 38.3 Å². The summed E-state index contributed by atoms with van der Waals surface area (Å²) >= 11 is 6.07. The molecule has 0 spiro atoms. The maximum absolute atomic E-state index is 12.8. The van der Waals surface area contributed by atoms with Gasteiger partial charge in [-0.15, -0.1) is 0 Å². The van der Waals surface area contributed by atoms with Crippen LogP contribution in [0.4, 0.5) is 5.69 Å². The van der Waals surface area contributed by atoms with Crippen LogP contribution in [-0.2, 0) is 10.0 Å². The Hall–Kier alpha value is -2.05. The van der Waals surface area contributed by atoms with Crippen molar-refractivity contribution in [3.05, 3.63) is 52.8 Å². The monoisotopic (exact) mass is 377 g/mol. The molecular formula is C18H20ClN3O2S. The molecule has 25 heavy (non-hydrogen) atoms. The van der Waals surface area contributed by atoms with Crippen LogP contribution in [0, 0.1) is 13.8 Å². The van der Waals surface area contributed by atoms with E-state index in [4.69, 9.17) is 11.6 Å². The van der Waals surface area contributed by atoms with Gasteiger partial charge in [-0.3, -0.25) is 4.72 Å². The molecule has 0 aliphatic rings. The second-order valence-corrected chi connectivity index (χ2v) is 8.40. The second kappa shape index (κ2) is 6.35. The Morgan fingerprint density at radius 1 is 1.20 bits per heavy atom. The van der Waals surface area contributed by atoms with Crippen LogP contribution >= 0.6 is 11.6 Å². The summed E-state index contributed by atoms with van der Waals surface area (Å²) in [5.74, 6) is 0. The van der Waals surface area contributed by atoms with Gasteiger partial charge in [0.1, 0.15) is 10.4 Å². The van der Waals surface area contributed by atoms with Gasteiger partial charge in [0.05, 0.1) is 22.6 Å². The Kier molecular flexibility index (Phi) is 4.51. The summed E-state index contributed by atoms with van der Waals surface area (Å²) in [4.78, 5) is 4.50. The number of halogens is 1. The lowest BCUT2D eigenvalue weighted by Gasteiger charge is -2.15. The van der Waals surface area contributed by atoms with Crippen LogP contribution in [0.5, 0.6) is 0 Å². The molecule has 0 saturated carbocycles. The molecule has 0 aliphatic heterocycles. The molecule has 1 aromatic heterocycles. The molecule has 1 heterocycles. The number of nitrogens with one attached hydrogen (secondary N) is 1. The summed E-state index contributed by atoms with van der Waals surface area (Å²) in [6, 6.07) is 8.64. The van der Waals surface area contributed by atoms with E-state index in [-0.39, 0.29) is 16.0 Å². The summed E-state index contributed by atoms with van der Waals surface area (Å²) in [5.41, 5.74) is 3.86. The Balaban J connectivity index is 2.19. The van der Waals surface area contributed by atoms with Crippen LogP contribution < -0.4 is 4.72 Å². The molecule has 0 radical (unpaired) electrons. The first-order valence-corrected chi connectivity index (χ1v) is 9.82. The van der Waals surface area contributed by atoms with Gasteiger partial charge in [0.15, 0.2) is 0 Å². The largest absolute Gasteiger partial charge is 0.328 e. The fourth-order valence-electron chi connectivity index (χ4n) is 2.78. The summed E-state index contributed by atoms with van der Waals surface area (Å²) in [6.45, 7) is 7.96. The van der Waals surface area contributed by atoms with Crippen molar-refractivity contribution in [3.63, 3.8) is 0 Å². The number of nitrogens with zero attached hydrogens (tertiary/aromatic N) is 2. The van der Waals surface area contributed by atoms with E-state index in [1.165, 1.54) is 6.07 Å². The van der Waals surface area contributed by atoms with Gasteiger partial charge in [0.2, 0.25) is 0 Å². The van der Waals surface area contributed by atoms with E-state index in [1.807, 2.05) is 24.5 Å². The number of aryl methyl sites for hydroxylation is 1. The molecule has 0 amide bonds. The number of benzene rings is 2. The molecule has 0 bridgehead atoms. The highest BCUT2D eigenvalue weighted by Crippen LogP contribution is 2.33. The SMILES string of the molecule is Cc1cc2c(ncn2C(C)C)c(NS(=O)(=O)c2ccccc2Cl)c1C. The first-order chi connectivity index (χ1) is 11.7. The molecule has 0 fully saturated rings. The molecule has 0 saturated heterocycles. The lowest BCUT2D eigenvalue weighted by Crippen LogP contribution is -2.15. The lowest BCUT2D eigenvalue weighted by molar-refractivity contribution is 0.601. The molecule has 2 aromatic carbocycles. The van der Waals surface area contributed by atoms with E-state index in [1.54, 1.807) is 24.5 Å². The van der Waals surface area contributed by atoms with Crippen LogP contribution in [0.25, 0.3) is 11.0 Å². The minimum atomic E-state index is -3.82. The second-order valence-electron chi connectivity index (χ2n) is 6.34. The molecule has 1 N–H and O–H groups in total. The third kappa shape index (κ3) is 3.12. The zero-order valence-electron chi connectivity index (χ0n) is 14.5. The number of aromatic nitrogens is 2. The molecule has 7 heteroatoms. The fraction of sp³-hybridized carbons (Fsp3) is 0.278. The number of hydrogen-bond acceptors (Lipinski definition) is 3. The molecule has 3 aromatic rings. The van der Waals surface area contributed by atoms with Crippen molar-refractivity contribution in [2.75, 3.05) is 4.72 Å². The molecule has 0 unspecified atom stereocenters. The van der Waals surface area contributed by atoms with Crippen molar-refractivity contribution in [3.8, 4) is 0 Å². The molecule has 132 valence electrons. The molecule has 0 aliphatic carbocycles. The smallest absolute Gasteiger partial charge is 0.263 e. The average molecular weight is 378 g/mol. The number of anilines is 1. The number of sulfonamides is 1. The predicted octanol–water partition coefficient (Wildman–Crippen LogP) is 4.69. The minimum Gasteiger partial charge on any atom is -0.328 e. The van der Waals surface area contributed by atoms with Crippen LogP contribution in [-0.4, -0.2) is 18.0 Å². The van der Waals surface area contributed by atoms with Crippen LogP contribution in [0.1, 0.15) is 31.0 Å². The summed E-state index contributed by atoms with van der Waals surface area (Å²) < 4.78 is 30.4. The molecular weight excluding hydrogens is 358 g/mol. The minimum absolute atomic E-state index is 0.0500. The number of imidazole rings is 1. The van der Waals surface area contributed by atoms with Crippen LogP contribution in [0.3, 0.4) is 0 Å². The van der Waals surface area contributed by atoms with Crippen molar-refractivity contribution in [2.45, 2.75) is 38.6 Å². The van der Waals surface area contributed by atoms with Gasteiger partial charge in [-0.25, -0.2) is 13.4 Å². The average Bonchev–Trinajstić information content (AvgIpc) is 2.95. The van der Waals surface area contributed by atoms with E-state index in [9.17, 15) is 8.42 Å². The first-order valence-electron chi connectivity index (χ1n) is 7.96. The lowest BCUT2D eigenvalue weighted by atomic mass is 10.1. The van der Waals surface area contributed by atoms with Gasteiger partial charge in [-0.2, -0.15) is 0 Å². The zero-order chi connectivity index (χ0) is 18.4. The van der Waals surface area contributed by atoms with E-state index in [2.05, 4.69) is 23.6 Å². The van der Waals surface area contributed by atoms with E-state index in [0.29, 0.717) is 11.2 Å². The Labute approximate surface area is 152 Å². The van der Waals surface area contributed by atoms with Crippen molar-refractivity contribution < 1.29 is 8.42 Å². The van der Waals surface area contributed by atoms with Gasteiger partial charge < -0.3 is 4.57 Å². The number of fused-ring (bicyclic) bond motifs is 1. The topological polar surface area (TPSA) is 64.0 Å². The maximum atomic E-state index is 12.8. The third-order valence-electron chi connectivity index (χ3n) is 4.31. The Morgan fingerprint density at radius 2 is 1.88 bits per heavy atom. The van der Waals surface area contributed by atoms with Crippen molar-refractivity contribution in [1.29, 1.82) is 0 Å². The van der Waals surface area contributed by atoms with Crippen LogP contribution in [0.15, 0.2) is 41.6 Å². The molecule has 0 atom stereocenters. The standard InChI is InChI=1S/C18H20ClN3O2S/c1-11(2)22-10-20-18-15(22)9-12(3)13(4)17(18)21-25(23,24)16-8-6-5-7-14(16)19/h5-11,21H,1-4H3. The van der Waals surface area contributed by atoms with E-state index in [0.717, 1.165) is 16.6 Å². The normalized spacial score (nSPS) is 12.1. The third-order valence-corrected chi connectivity index (χ3v) is 6.16. The van der Waals surface area contributed by atoms with E-state index < -0.39 is 10.0 Å². The Bertz CT molecular complexity index is 1060. The van der Waals surface area contributed by atoms with E-state index >= 15 is 0 Å².